The molecular weight excluding hydrogens is 405 g/mol. The van der Waals surface area contributed by atoms with Gasteiger partial charge in [0.1, 0.15) is 5.75 Å². The number of nitrogens with one attached hydrogen (secondary N) is 1. The molecule has 0 aliphatic carbocycles. The molecule has 0 saturated carbocycles. The van der Waals surface area contributed by atoms with Crippen molar-refractivity contribution in [2.75, 3.05) is 29.1 Å². The molecule has 156 valence electrons. The number of hydrogen-bond donors (Lipinski definition) is 1. The van der Waals surface area contributed by atoms with Gasteiger partial charge in [0, 0.05) is 13.1 Å². The first-order chi connectivity index (χ1) is 13.6. The minimum absolute atomic E-state index is 0.0189. The first kappa shape index (κ1) is 21.2. The fourth-order valence-electron chi connectivity index (χ4n) is 3.22. The summed E-state index contributed by atoms with van der Waals surface area (Å²) in [5, 5.41) is 2.48. The smallest absolute Gasteiger partial charge is 0.370 e. The number of rotatable bonds is 5. The van der Waals surface area contributed by atoms with Crippen LogP contribution in [0, 0.1) is 6.92 Å². The molecule has 0 aromatic heterocycles. The van der Waals surface area contributed by atoms with Crippen molar-refractivity contribution < 1.29 is 26.4 Å². The molecule has 29 heavy (non-hydrogen) atoms. The summed E-state index contributed by atoms with van der Waals surface area (Å²) in [5.74, 6) is -1.60. The molecule has 2 aromatic rings. The molecule has 3 rings (SSSR count). The maximum atomic E-state index is 13.1. The standard InChI is InChI=1S/C20H21F3N2O3S/c1-14-4-7-16(8-5-14)29(27,28)13-19(26)24-17-9-6-15(20(21,22)23)12-18(17)25-10-2-3-11-25/h4-9,12H,2-3,10-11,13H2,1H3,(H,24,26). The van der Waals surface area contributed by atoms with Crippen LogP contribution < -0.4 is 10.2 Å². The van der Waals surface area contributed by atoms with Crippen LogP contribution in [0.25, 0.3) is 0 Å². The van der Waals surface area contributed by atoms with Gasteiger partial charge in [0.15, 0.2) is 9.84 Å². The zero-order valence-electron chi connectivity index (χ0n) is 15.8. The van der Waals surface area contributed by atoms with E-state index in [1.807, 2.05) is 6.92 Å². The van der Waals surface area contributed by atoms with Crippen molar-refractivity contribution in [3.63, 3.8) is 0 Å². The first-order valence-corrected chi connectivity index (χ1v) is 10.8. The largest absolute Gasteiger partial charge is 0.416 e. The summed E-state index contributed by atoms with van der Waals surface area (Å²) in [4.78, 5) is 14.2. The Labute approximate surface area is 167 Å². The van der Waals surface area contributed by atoms with Crippen LogP contribution in [-0.2, 0) is 20.8 Å². The Morgan fingerprint density at radius 3 is 2.28 bits per heavy atom. The van der Waals surface area contributed by atoms with E-state index in [2.05, 4.69) is 5.32 Å². The summed E-state index contributed by atoms with van der Waals surface area (Å²) >= 11 is 0. The Hall–Kier alpha value is -2.55. The first-order valence-electron chi connectivity index (χ1n) is 9.12. The van der Waals surface area contributed by atoms with Gasteiger partial charge in [0.05, 0.1) is 21.8 Å². The van der Waals surface area contributed by atoms with Crippen molar-refractivity contribution in [2.24, 2.45) is 0 Å². The lowest BCUT2D eigenvalue weighted by Gasteiger charge is -2.23. The molecule has 1 aliphatic heterocycles. The van der Waals surface area contributed by atoms with Crippen LogP contribution in [0.2, 0.25) is 0 Å². The van der Waals surface area contributed by atoms with E-state index >= 15 is 0 Å². The van der Waals surface area contributed by atoms with Gasteiger partial charge in [-0.3, -0.25) is 4.79 Å². The van der Waals surface area contributed by atoms with Crippen LogP contribution in [0.5, 0.6) is 0 Å². The molecule has 1 heterocycles. The van der Waals surface area contributed by atoms with Gasteiger partial charge in [-0.25, -0.2) is 8.42 Å². The number of sulfone groups is 1. The van der Waals surface area contributed by atoms with Crippen LogP contribution in [0.3, 0.4) is 0 Å². The second-order valence-corrected chi connectivity index (χ2v) is 9.03. The molecule has 1 saturated heterocycles. The van der Waals surface area contributed by atoms with E-state index in [-0.39, 0.29) is 16.3 Å². The maximum absolute atomic E-state index is 13.1. The number of benzene rings is 2. The normalized spacial score (nSPS) is 14.8. The molecule has 0 unspecified atom stereocenters. The van der Waals surface area contributed by atoms with E-state index in [9.17, 15) is 26.4 Å². The van der Waals surface area contributed by atoms with Crippen LogP contribution in [-0.4, -0.2) is 33.2 Å². The molecular formula is C20H21F3N2O3S. The zero-order chi connectivity index (χ0) is 21.2. The van der Waals surface area contributed by atoms with Crippen LogP contribution >= 0.6 is 0 Å². The Kier molecular flexibility index (Phi) is 5.88. The molecule has 0 atom stereocenters. The maximum Gasteiger partial charge on any atom is 0.416 e. The third kappa shape index (κ3) is 5.09. The number of carbonyl (C=O) groups excluding carboxylic acids is 1. The monoisotopic (exact) mass is 426 g/mol. The number of carbonyl (C=O) groups is 1. The average Bonchev–Trinajstić information content (AvgIpc) is 3.15. The molecule has 0 spiro atoms. The zero-order valence-corrected chi connectivity index (χ0v) is 16.6. The summed E-state index contributed by atoms with van der Waals surface area (Å²) in [6.45, 7) is 2.96. The van der Waals surface area contributed by atoms with Gasteiger partial charge in [-0.15, -0.1) is 0 Å². The Morgan fingerprint density at radius 2 is 1.69 bits per heavy atom. The van der Waals surface area contributed by atoms with Gasteiger partial charge in [0.2, 0.25) is 5.91 Å². The second-order valence-electron chi connectivity index (χ2n) is 7.04. The molecule has 1 aliphatic rings. The molecule has 1 amide bonds. The topological polar surface area (TPSA) is 66.5 Å². The molecule has 0 radical (unpaired) electrons. The molecule has 5 nitrogen and oxygen atoms in total. The van der Waals surface area contributed by atoms with Crippen LogP contribution in [0.1, 0.15) is 24.0 Å². The van der Waals surface area contributed by atoms with E-state index in [1.165, 1.54) is 18.2 Å². The minimum Gasteiger partial charge on any atom is -0.370 e. The summed E-state index contributed by atoms with van der Waals surface area (Å²) in [5.41, 5.74) is 0.487. The predicted molar refractivity (Wildman–Crippen MR) is 105 cm³/mol. The Bertz CT molecular complexity index is 997. The number of aryl methyl sites for hydroxylation is 1. The van der Waals surface area contributed by atoms with Crippen molar-refractivity contribution in [3.8, 4) is 0 Å². The quantitative estimate of drug-likeness (QED) is 0.784. The highest BCUT2D eigenvalue weighted by atomic mass is 32.2. The molecule has 0 bridgehead atoms. The fraction of sp³-hybridized carbons (Fsp3) is 0.350. The van der Waals surface area contributed by atoms with E-state index in [0.29, 0.717) is 13.1 Å². The number of halogens is 3. The minimum atomic E-state index is -4.51. The average molecular weight is 426 g/mol. The third-order valence-electron chi connectivity index (χ3n) is 4.75. The lowest BCUT2D eigenvalue weighted by Crippen LogP contribution is -2.26. The molecule has 9 heteroatoms. The SMILES string of the molecule is Cc1ccc(S(=O)(=O)CC(=O)Nc2ccc(C(F)(F)F)cc2N2CCCC2)cc1. The number of hydrogen-bond acceptors (Lipinski definition) is 4. The fourth-order valence-corrected chi connectivity index (χ4v) is 4.36. The number of anilines is 2. The van der Waals surface area contributed by atoms with E-state index in [0.717, 1.165) is 30.5 Å². The highest BCUT2D eigenvalue weighted by Crippen LogP contribution is 2.36. The molecule has 1 fully saturated rings. The van der Waals surface area contributed by atoms with Crippen LogP contribution in [0.4, 0.5) is 24.5 Å². The summed E-state index contributed by atoms with van der Waals surface area (Å²) in [7, 11) is -3.87. The summed E-state index contributed by atoms with van der Waals surface area (Å²) in [6, 6.07) is 9.15. The highest BCUT2D eigenvalue weighted by Gasteiger charge is 2.32. The summed E-state index contributed by atoms with van der Waals surface area (Å²) in [6.07, 6.45) is -2.83. The Morgan fingerprint density at radius 1 is 1.07 bits per heavy atom. The van der Waals surface area contributed by atoms with E-state index < -0.39 is 33.2 Å². The van der Waals surface area contributed by atoms with E-state index in [1.54, 1.807) is 17.0 Å². The van der Waals surface area contributed by atoms with E-state index in [4.69, 9.17) is 0 Å². The lowest BCUT2D eigenvalue weighted by atomic mass is 10.1. The molecule has 1 N–H and O–H groups in total. The van der Waals surface area contributed by atoms with Crippen molar-refractivity contribution in [1.29, 1.82) is 0 Å². The lowest BCUT2D eigenvalue weighted by molar-refractivity contribution is -0.137. The van der Waals surface area contributed by atoms with Gasteiger partial charge in [0.25, 0.3) is 0 Å². The van der Waals surface area contributed by atoms with Crippen molar-refractivity contribution in [2.45, 2.75) is 30.8 Å². The van der Waals surface area contributed by atoms with Crippen molar-refractivity contribution >= 4 is 27.1 Å². The van der Waals surface area contributed by atoms with Gasteiger partial charge in [-0.1, -0.05) is 17.7 Å². The Balaban J connectivity index is 1.83. The predicted octanol–water partition coefficient (Wildman–Crippen LogP) is 4.03. The summed E-state index contributed by atoms with van der Waals surface area (Å²) < 4.78 is 64.2. The van der Waals surface area contributed by atoms with Gasteiger partial charge in [-0.05, 0) is 50.1 Å². The second kappa shape index (κ2) is 8.06. The highest BCUT2D eigenvalue weighted by molar-refractivity contribution is 7.92. The third-order valence-corrected chi connectivity index (χ3v) is 6.38. The van der Waals surface area contributed by atoms with Crippen molar-refractivity contribution in [3.05, 3.63) is 53.6 Å². The number of nitrogens with zero attached hydrogens (tertiary/aromatic N) is 1. The van der Waals surface area contributed by atoms with Crippen LogP contribution in [0.15, 0.2) is 47.4 Å². The molecule has 2 aromatic carbocycles. The number of amides is 1. The van der Waals surface area contributed by atoms with Gasteiger partial charge < -0.3 is 10.2 Å². The van der Waals surface area contributed by atoms with Crippen molar-refractivity contribution in [1.82, 2.24) is 0 Å². The van der Waals surface area contributed by atoms with Gasteiger partial charge >= 0.3 is 6.18 Å². The number of alkyl halides is 3. The van der Waals surface area contributed by atoms with Gasteiger partial charge in [-0.2, -0.15) is 13.2 Å².